The molecule has 2 aromatic carbocycles. The number of carbonyl (C=O) groups excluding carboxylic acids is 1. The van der Waals surface area contributed by atoms with Crippen molar-refractivity contribution >= 4 is 51.4 Å². The van der Waals surface area contributed by atoms with Gasteiger partial charge in [-0.25, -0.2) is 4.79 Å². The third-order valence-electron chi connectivity index (χ3n) is 3.14. The normalized spacial score (nSPS) is 10.4. The van der Waals surface area contributed by atoms with Crippen LogP contribution in [0.5, 0.6) is 5.75 Å². The van der Waals surface area contributed by atoms with Crippen molar-refractivity contribution in [3.63, 3.8) is 0 Å². The molecular formula is C16H12Cl2N4O2S. The molecule has 0 spiro atoms. The van der Waals surface area contributed by atoms with Crippen molar-refractivity contribution in [3.8, 4) is 16.3 Å². The number of benzene rings is 2. The molecule has 0 fully saturated rings. The second-order valence-corrected chi connectivity index (χ2v) is 6.67. The smallest absolute Gasteiger partial charge is 0.325 e. The van der Waals surface area contributed by atoms with Crippen molar-refractivity contribution in [1.29, 1.82) is 0 Å². The SMILES string of the molecule is COc1cccc(-c2nnc(NC(=O)Nc3ccc(Cl)cc3Cl)s2)c1. The van der Waals surface area contributed by atoms with Crippen molar-refractivity contribution < 1.29 is 9.53 Å². The van der Waals surface area contributed by atoms with Gasteiger partial charge in [-0.3, -0.25) is 5.32 Å². The van der Waals surface area contributed by atoms with Gasteiger partial charge < -0.3 is 10.1 Å². The van der Waals surface area contributed by atoms with Crippen molar-refractivity contribution in [2.24, 2.45) is 0 Å². The summed E-state index contributed by atoms with van der Waals surface area (Å²) in [5, 5.41) is 15.2. The standard InChI is InChI=1S/C16H12Cl2N4O2S/c1-24-11-4-2-3-9(7-11)14-21-22-16(25-14)20-15(23)19-13-6-5-10(17)8-12(13)18/h2-8H,1H3,(H2,19,20,22,23). The van der Waals surface area contributed by atoms with E-state index in [1.807, 2.05) is 24.3 Å². The molecule has 0 aliphatic carbocycles. The summed E-state index contributed by atoms with van der Waals surface area (Å²) in [5.41, 5.74) is 1.30. The van der Waals surface area contributed by atoms with E-state index >= 15 is 0 Å². The minimum atomic E-state index is -0.474. The van der Waals surface area contributed by atoms with E-state index in [0.29, 0.717) is 25.9 Å². The lowest BCUT2D eigenvalue weighted by molar-refractivity contribution is 0.262. The summed E-state index contributed by atoms with van der Waals surface area (Å²) < 4.78 is 5.19. The first-order valence-electron chi connectivity index (χ1n) is 7.06. The van der Waals surface area contributed by atoms with E-state index < -0.39 is 6.03 Å². The fourth-order valence-corrected chi connectivity index (χ4v) is 3.18. The second-order valence-electron chi connectivity index (χ2n) is 4.85. The minimum absolute atomic E-state index is 0.344. The Kier molecular flexibility index (Phi) is 5.37. The van der Waals surface area contributed by atoms with Gasteiger partial charge in [-0.15, -0.1) is 10.2 Å². The van der Waals surface area contributed by atoms with Gasteiger partial charge in [-0.05, 0) is 30.3 Å². The molecule has 9 heteroatoms. The van der Waals surface area contributed by atoms with Gasteiger partial charge in [-0.1, -0.05) is 46.7 Å². The topological polar surface area (TPSA) is 76.1 Å². The van der Waals surface area contributed by atoms with Crippen LogP contribution >= 0.6 is 34.5 Å². The van der Waals surface area contributed by atoms with Crippen LogP contribution in [0.1, 0.15) is 0 Å². The summed E-state index contributed by atoms with van der Waals surface area (Å²) in [6.07, 6.45) is 0. The quantitative estimate of drug-likeness (QED) is 0.640. The third-order valence-corrected chi connectivity index (χ3v) is 4.58. The van der Waals surface area contributed by atoms with Gasteiger partial charge in [0.2, 0.25) is 5.13 Å². The molecule has 1 heterocycles. The molecule has 3 rings (SSSR count). The second kappa shape index (κ2) is 7.69. The average Bonchev–Trinajstić information content (AvgIpc) is 3.06. The molecular weight excluding hydrogens is 383 g/mol. The zero-order chi connectivity index (χ0) is 17.8. The number of aromatic nitrogens is 2. The number of hydrogen-bond acceptors (Lipinski definition) is 5. The fourth-order valence-electron chi connectivity index (χ4n) is 1.99. The Morgan fingerprint density at radius 3 is 2.72 bits per heavy atom. The number of urea groups is 1. The number of methoxy groups -OCH3 is 1. The van der Waals surface area contributed by atoms with Crippen LogP contribution in [-0.2, 0) is 0 Å². The third kappa shape index (κ3) is 4.39. The van der Waals surface area contributed by atoms with Crippen LogP contribution in [0.2, 0.25) is 10.0 Å². The number of rotatable bonds is 4. The maximum atomic E-state index is 12.1. The van der Waals surface area contributed by atoms with Crippen molar-refractivity contribution in [2.45, 2.75) is 0 Å². The van der Waals surface area contributed by atoms with Crippen LogP contribution in [0, 0.1) is 0 Å². The van der Waals surface area contributed by atoms with E-state index in [-0.39, 0.29) is 0 Å². The summed E-state index contributed by atoms with van der Waals surface area (Å²) in [4.78, 5) is 12.1. The highest BCUT2D eigenvalue weighted by Gasteiger charge is 2.11. The molecule has 0 radical (unpaired) electrons. The van der Waals surface area contributed by atoms with Gasteiger partial charge in [-0.2, -0.15) is 0 Å². The Bertz CT molecular complexity index is 917. The van der Waals surface area contributed by atoms with Crippen LogP contribution in [0.4, 0.5) is 15.6 Å². The predicted octanol–water partition coefficient (Wildman–Crippen LogP) is 5.16. The number of ether oxygens (including phenoxy) is 1. The van der Waals surface area contributed by atoms with E-state index in [2.05, 4.69) is 20.8 Å². The van der Waals surface area contributed by atoms with Crippen LogP contribution < -0.4 is 15.4 Å². The zero-order valence-electron chi connectivity index (χ0n) is 12.9. The Labute approximate surface area is 157 Å². The Balaban J connectivity index is 1.69. The number of carbonyl (C=O) groups is 1. The molecule has 0 atom stereocenters. The molecule has 0 aliphatic heterocycles. The lowest BCUT2D eigenvalue weighted by Crippen LogP contribution is -2.19. The Hall–Kier alpha value is -2.35. The number of halogens is 2. The molecule has 2 amide bonds. The number of nitrogens with one attached hydrogen (secondary N) is 2. The average molecular weight is 395 g/mol. The van der Waals surface area contributed by atoms with E-state index in [4.69, 9.17) is 27.9 Å². The highest BCUT2D eigenvalue weighted by atomic mass is 35.5. The van der Waals surface area contributed by atoms with Crippen LogP contribution in [0.25, 0.3) is 10.6 Å². The lowest BCUT2D eigenvalue weighted by Gasteiger charge is -2.07. The lowest BCUT2D eigenvalue weighted by atomic mass is 10.2. The number of amides is 2. The summed E-state index contributed by atoms with van der Waals surface area (Å²) in [5.74, 6) is 0.720. The molecule has 0 unspecified atom stereocenters. The van der Waals surface area contributed by atoms with Crippen molar-refractivity contribution in [3.05, 3.63) is 52.5 Å². The van der Waals surface area contributed by atoms with Crippen LogP contribution in [-0.4, -0.2) is 23.3 Å². The summed E-state index contributed by atoms with van der Waals surface area (Å²) in [6.45, 7) is 0. The number of hydrogen-bond donors (Lipinski definition) is 2. The van der Waals surface area contributed by atoms with E-state index in [0.717, 1.165) is 11.3 Å². The molecule has 1 aromatic heterocycles. The summed E-state index contributed by atoms with van der Waals surface area (Å²) >= 11 is 13.1. The summed E-state index contributed by atoms with van der Waals surface area (Å²) in [6, 6.07) is 11.8. The summed E-state index contributed by atoms with van der Waals surface area (Å²) in [7, 11) is 1.60. The molecule has 0 saturated heterocycles. The maximum absolute atomic E-state index is 12.1. The monoisotopic (exact) mass is 394 g/mol. The van der Waals surface area contributed by atoms with E-state index in [1.165, 1.54) is 11.3 Å². The van der Waals surface area contributed by atoms with Gasteiger partial charge in [0.15, 0.2) is 0 Å². The molecule has 3 aromatic rings. The minimum Gasteiger partial charge on any atom is -0.497 e. The van der Waals surface area contributed by atoms with E-state index in [9.17, 15) is 4.79 Å². The molecule has 2 N–H and O–H groups in total. The highest BCUT2D eigenvalue weighted by molar-refractivity contribution is 7.18. The van der Waals surface area contributed by atoms with Crippen LogP contribution in [0.3, 0.4) is 0 Å². The fraction of sp³-hybridized carbons (Fsp3) is 0.0625. The predicted molar refractivity (Wildman–Crippen MR) is 101 cm³/mol. The van der Waals surface area contributed by atoms with Crippen molar-refractivity contribution in [1.82, 2.24) is 10.2 Å². The van der Waals surface area contributed by atoms with Crippen LogP contribution in [0.15, 0.2) is 42.5 Å². The highest BCUT2D eigenvalue weighted by Crippen LogP contribution is 2.29. The first-order chi connectivity index (χ1) is 12.0. The van der Waals surface area contributed by atoms with Gasteiger partial charge in [0, 0.05) is 10.6 Å². The first-order valence-corrected chi connectivity index (χ1v) is 8.63. The van der Waals surface area contributed by atoms with Gasteiger partial charge in [0.1, 0.15) is 10.8 Å². The molecule has 128 valence electrons. The molecule has 25 heavy (non-hydrogen) atoms. The first kappa shape index (κ1) is 17.5. The number of nitrogens with zero attached hydrogens (tertiary/aromatic N) is 2. The van der Waals surface area contributed by atoms with Gasteiger partial charge >= 0.3 is 6.03 Å². The van der Waals surface area contributed by atoms with E-state index in [1.54, 1.807) is 25.3 Å². The van der Waals surface area contributed by atoms with Gasteiger partial charge in [0.25, 0.3) is 0 Å². The molecule has 0 saturated carbocycles. The molecule has 0 aliphatic rings. The number of anilines is 2. The Morgan fingerprint density at radius 2 is 1.96 bits per heavy atom. The van der Waals surface area contributed by atoms with Crippen molar-refractivity contribution in [2.75, 3.05) is 17.7 Å². The largest absolute Gasteiger partial charge is 0.497 e. The molecule has 6 nitrogen and oxygen atoms in total. The zero-order valence-corrected chi connectivity index (χ0v) is 15.2. The molecule has 0 bridgehead atoms. The Morgan fingerprint density at radius 1 is 1.12 bits per heavy atom. The maximum Gasteiger partial charge on any atom is 0.325 e. The van der Waals surface area contributed by atoms with Gasteiger partial charge in [0.05, 0.1) is 17.8 Å².